The quantitative estimate of drug-likeness (QED) is 0.121. The largest absolute Gasteiger partial charge is 0.464 e. The molecule has 66 heavy (non-hydrogen) atoms. The van der Waals surface area contributed by atoms with Gasteiger partial charge in [0.25, 0.3) is 0 Å². The number of halogens is 4. The van der Waals surface area contributed by atoms with E-state index in [1.807, 2.05) is 63.5 Å². The molecule has 3 aliphatic rings. The van der Waals surface area contributed by atoms with Crippen molar-refractivity contribution in [2.24, 2.45) is 5.92 Å². The molecular formula is C47H50F4N8O6S. The second-order valence-corrected chi connectivity index (χ2v) is 19.5. The van der Waals surface area contributed by atoms with Crippen molar-refractivity contribution in [3.05, 3.63) is 88.1 Å². The average Bonchev–Trinajstić information content (AvgIpc) is 4.10. The van der Waals surface area contributed by atoms with Crippen molar-refractivity contribution in [3.63, 3.8) is 0 Å². The van der Waals surface area contributed by atoms with Gasteiger partial charge in [-0.2, -0.15) is 13.2 Å². The molecule has 4 atom stereocenters. The third-order valence-corrected chi connectivity index (χ3v) is 13.3. The lowest BCUT2D eigenvalue weighted by Crippen LogP contribution is -2.51. The van der Waals surface area contributed by atoms with Gasteiger partial charge in [-0.3, -0.25) is 14.3 Å². The van der Waals surface area contributed by atoms with E-state index in [0.29, 0.717) is 70.6 Å². The number of ether oxygens (including phenoxy) is 3. The van der Waals surface area contributed by atoms with Crippen LogP contribution < -0.4 is 10.1 Å². The van der Waals surface area contributed by atoms with Crippen LogP contribution in [0.4, 0.5) is 27.2 Å². The maximum atomic E-state index is 16.8. The van der Waals surface area contributed by atoms with Crippen LogP contribution in [-0.4, -0.2) is 90.4 Å². The van der Waals surface area contributed by atoms with Crippen molar-refractivity contribution in [1.82, 2.24) is 39.6 Å². The number of aromatic nitrogens is 5. The molecule has 3 aliphatic heterocycles. The summed E-state index contributed by atoms with van der Waals surface area (Å²) < 4.78 is 76.3. The van der Waals surface area contributed by atoms with E-state index in [9.17, 15) is 27.6 Å². The summed E-state index contributed by atoms with van der Waals surface area (Å²) >= 11 is 0.981. The lowest BCUT2D eigenvalue weighted by molar-refractivity contribution is -0.135. The molecule has 3 N–H and O–H groups in total. The van der Waals surface area contributed by atoms with E-state index >= 15 is 4.39 Å². The number of likely N-dealkylation sites (tertiary alicyclic amines) is 2. The zero-order valence-electron chi connectivity index (χ0n) is 37.2. The average molecular weight is 931 g/mol. The first-order valence-corrected chi connectivity index (χ1v) is 22.7. The minimum absolute atomic E-state index is 0.111. The highest BCUT2D eigenvalue weighted by atomic mass is 32.1. The Labute approximate surface area is 381 Å². The number of imidazole rings is 2. The monoisotopic (exact) mass is 930 g/mol. The van der Waals surface area contributed by atoms with Crippen molar-refractivity contribution in [2.75, 3.05) is 20.2 Å². The third-order valence-electron chi connectivity index (χ3n) is 12.2. The van der Waals surface area contributed by atoms with Crippen LogP contribution in [0.15, 0.2) is 60.9 Å². The molecule has 14 nitrogen and oxygen atoms in total. The first-order valence-electron chi connectivity index (χ1n) is 21.9. The van der Waals surface area contributed by atoms with Gasteiger partial charge in [0.05, 0.1) is 71.0 Å². The van der Waals surface area contributed by atoms with E-state index in [-0.39, 0.29) is 34.1 Å². The van der Waals surface area contributed by atoms with Crippen LogP contribution in [0.5, 0.6) is 5.75 Å². The van der Waals surface area contributed by atoms with Crippen LogP contribution in [0.1, 0.15) is 100 Å². The normalized spacial score (nSPS) is 18.9. The van der Waals surface area contributed by atoms with Crippen LogP contribution in [0, 0.1) is 11.7 Å². The second-order valence-electron chi connectivity index (χ2n) is 18.3. The molecule has 1 unspecified atom stereocenters. The second kappa shape index (κ2) is 17.1. The van der Waals surface area contributed by atoms with Gasteiger partial charge in [0.15, 0.2) is 0 Å². The number of carbonyl (C=O) groups is 3. The Hall–Kier alpha value is -6.37. The SMILES string of the molecule is COC(=O)N[C@H](C(=O)N1CCC[C@H]1c1ncc(-c2cc(F)c3c(c2)OC(c2ccc(CC(F)(F)F)s2)n2c-3cc3cc(-c4cnc([C@@H]5CCCN5C(=O)OC(C)(C)C)[nH]4)ccc32)[nH]1)C(C)C. The fourth-order valence-electron chi connectivity index (χ4n) is 9.19. The van der Waals surface area contributed by atoms with Gasteiger partial charge in [0.1, 0.15) is 34.9 Å². The molecule has 2 aromatic carbocycles. The Balaban J connectivity index is 1.05. The topological polar surface area (TPSA) is 160 Å². The standard InChI is InChI=1S/C47H50F4N8O6S/c1-24(2)39(56-44(61)63-6)42(60)57-15-7-9-33(57)40-53-23-31(55-40)26-18-29(48)38-35-19-27-17-25(30-22-52-41(54-30)34-10-8-16-58(34)45(62)65-46(3,4)5)11-13-32(27)59(35)43(64-36(38)20-26)37-14-12-28(66-37)21-47(49,50)51/h11-14,17-20,22-24,33-34,39,43H,7-10,15-16,21H2,1-6H3,(H,52,54)(H,53,55)(H,56,61)/t33-,34-,39-,43?/m0/s1. The first-order chi connectivity index (χ1) is 31.4. The fourth-order valence-corrected chi connectivity index (χ4v) is 10.3. The number of thiophene rings is 1. The van der Waals surface area contributed by atoms with E-state index < -0.39 is 54.5 Å². The number of fused-ring (bicyclic) bond motifs is 5. The number of aromatic amines is 2. The predicted molar refractivity (Wildman–Crippen MR) is 238 cm³/mol. The molecule has 7 heterocycles. The van der Waals surface area contributed by atoms with Crippen molar-refractivity contribution >= 4 is 40.3 Å². The number of hydrogen-bond acceptors (Lipinski definition) is 9. The number of nitrogens with zero attached hydrogens (tertiary/aromatic N) is 5. The van der Waals surface area contributed by atoms with Crippen LogP contribution in [0.3, 0.4) is 0 Å². The lowest BCUT2D eigenvalue weighted by Gasteiger charge is -2.30. The van der Waals surface area contributed by atoms with Crippen molar-refractivity contribution in [1.29, 1.82) is 0 Å². The molecule has 348 valence electrons. The Kier molecular flexibility index (Phi) is 11.6. The highest BCUT2D eigenvalue weighted by Gasteiger charge is 2.39. The summed E-state index contributed by atoms with van der Waals surface area (Å²) in [7, 11) is 1.24. The van der Waals surface area contributed by atoms with Gasteiger partial charge in [0.2, 0.25) is 12.1 Å². The lowest BCUT2D eigenvalue weighted by atomic mass is 10.0. The Morgan fingerprint density at radius 2 is 1.58 bits per heavy atom. The molecule has 4 aromatic heterocycles. The summed E-state index contributed by atoms with van der Waals surface area (Å²) in [5, 5.41) is 3.37. The summed E-state index contributed by atoms with van der Waals surface area (Å²) in [5.41, 5.74) is 3.02. The van der Waals surface area contributed by atoms with Gasteiger partial charge < -0.3 is 34.4 Å². The summed E-state index contributed by atoms with van der Waals surface area (Å²) in [5.74, 6) is 0.222. The van der Waals surface area contributed by atoms with Crippen LogP contribution in [0.25, 0.3) is 44.7 Å². The van der Waals surface area contributed by atoms with Gasteiger partial charge in [-0.1, -0.05) is 19.9 Å². The van der Waals surface area contributed by atoms with Crippen LogP contribution in [-0.2, 0) is 20.7 Å². The van der Waals surface area contributed by atoms with Gasteiger partial charge >= 0.3 is 18.4 Å². The highest BCUT2D eigenvalue weighted by molar-refractivity contribution is 7.12. The number of nitrogens with one attached hydrogen (secondary N) is 3. The van der Waals surface area contributed by atoms with E-state index in [2.05, 4.69) is 25.3 Å². The molecule has 0 radical (unpaired) electrons. The molecule has 0 bridgehead atoms. The van der Waals surface area contributed by atoms with Gasteiger partial charge in [-0.25, -0.2) is 23.9 Å². The summed E-state index contributed by atoms with van der Waals surface area (Å²) in [4.78, 5) is 58.9. The molecule has 9 rings (SSSR count). The molecule has 0 saturated carbocycles. The number of hydrogen-bond donors (Lipinski definition) is 3. The number of carbonyl (C=O) groups excluding carboxylic acids is 3. The van der Waals surface area contributed by atoms with E-state index in [1.54, 1.807) is 34.3 Å². The van der Waals surface area contributed by atoms with Gasteiger partial charge in [0, 0.05) is 34.5 Å². The molecule has 19 heteroatoms. The first kappa shape index (κ1) is 44.8. The molecular weight excluding hydrogens is 881 g/mol. The smallest absolute Gasteiger partial charge is 0.410 e. The zero-order chi connectivity index (χ0) is 46.8. The number of H-pyrrole nitrogens is 2. The van der Waals surface area contributed by atoms with Crippen LogP contribution in [0.2, 0.25) is 0 Å². The number of rotatable bonds is 9. The Morgan fingerprint density at radius 3 is 2.23 bits per heavy atom. The Morgan fingerprint density at radius 1 is 0.909 bits per heavy atom. The van der Waals surface area contributed by atoms with Crippen molar-refractivity contribution in [2.45, 2.75) is 103 Å². The minimum Gasteiger partial charge on any atom is -0.464 e. The zero-order valence-corrected chi connectivity index (χ0v) is 38.0. The number of amides is 3. The van der Waals surface area contributed by atoms with Crippen molar-refractivity contribution in [3.8, 4) is 39.5 Å². The molecule has 0 aliphatic carbocycles. The fraction of sp³-hybridized carbons (Fsp3) is 0.426. The molecule has 3 amide bonds. The predicted octanol–water partition coefficient (Wildman–Crippen LogP) is 10.4. The number of alkyl carbamates (subject to hydrolysis) is 1. The molecule has 6 aromatic rings. The summed E-state index contributed by atoms with van der Waals surface area (Å²) in [6.07, 6.45) is -1.45. The molecule has 0 spiro atoms. The van der Waals surface area contributed by atoms with Gasteiger partial charge in [-0.05, 0) is 94.8 Å². The summed E-state index contributed by atoms with van der Waals surface area (Å²) in [6.45, 7) is 10.1. The highest BCUT2D eigenvalue weighted by Crippen LogP contribution is 2.49. The van der Waals surface area contributed by atoms with Crippen molar-refractivity contribution < 1.29 is 46.2 Å². The number of benzene rings is 2. The maximum absolute atomic E-state index is 16.8. The van der Waals surface area contributed by atoms with Gasteiger partial charge in [-0.15, -0.1) is 11.3 Å². The molecule has 2 fully saturated rings. The molecule has 2 saturated heterocycles. The Bertz CT molecular complexity index is 2820. The van der Waals surface area contributed by atoms with E-state index in [1.165, 1.54) is 19.2 Å². The van der Waals surface area contributed by atoms with E-state index in [0.717, 1.165) is 35.1 Å². The summed E-state index contributed by atoms with van der Waals surface area (Å²) in [6, 6.07) is 12.1. The minimum atomic E-state index is -4.41. The maximum Gasteiger partial charge on any atom is 0.410 e. The third kappa shape index (κ3) is 8.71. The van der Waals surface area contributed by atoms with Crippen LogP contribution >= 0.6 is 11.3 Å². The number of alkyl halides is 3. The van der Waals surface area contributed by atoms with E-state index in [4.69, 9.17) is 14.2 Å². The number of methoxy groups -OCH3 is 1.